The fourth-order valence-electron chi connectivity index (χ4n) is 4.28. The van der Waals surface area contributed by atoms with Gasteiger partial charge in [0.1, 0.15) is 0 Å². The van der Waals surface area contributed by atoms with Gasteiger partial charge in [-0.15, -0.1) is 0 Å². The van der Waals surface area contributed by atoms with Crippen molar-refractivity contribution in [2.75, 3.05) is 51.1 Å². The molecule has 31 heavy (non-hydrogen) atoms. The summed E-state index contributed by atoms with van der Waals surface area (Å²) in [5.41, 5.74) is 10.1. The summed E-state index contributed by atoms with van der Waals surface area (Å²) in [5, 5.41) is 0. The molecule has 1 saturated heterocycles. The Labute approximate surface area is 183 Å². The minimum atomic E-state index is 0.0850. The van der Waals surface area contributed by atoms with E-state index in [2.05, 4.69) is 16.8 Å². The topological polar surface area (TPSA) is 93.8 Å². The first kappa shape index (κ1) is 21.4. The van der Waals surface area contributed by atoms with Crippen molar-refractivity contribution in [3.63, 3.8) is 0 Å². The lowest BCUT2D eigenvalue weighted by atomic mass is 10.0. The van der Waals surface area contributed by atoms with Crippen molar-refractivity contribution < 1.29 is 14.3 Å². The number of carbonyl (C=O) groups is 1. The molecule has 8 nitrogen and oxygen atoms in total. The van der Waals surface area contributed by atoms with Gasteiger partial charge >= 0.3 is 0 Å². The van der Waals surface area contributed by atoms with E-state index < -0.39 is 0 Å². The third-order valence-electron chi connectivity index (χ3n) is 6.05. The Kier molecular flexibility index (Phi) is 6.27. The molecular weight excluding hydrogens is 394 g/mol. The van der Waals surface area contributed by atoms with Gasteiger partial charge in [0, 0.05) is 56.0 Å². The predicted octanol–water partition coefficient (Wildman–Crippen LogP) is 2.69. The molecule has 1 saturated carbocycles. The summed E-state index contributed by atoms with van der Waals surface area (Å²) >= 11 is 0. The molecule has 8 heteroatoms. The first-order chi connectivity index (χ1) is 15.0. The number of rotatable bonds is 7. The molecular formula is C23H31N5O3. The molecule has 2 aromatic heterocycles. The van der Waals surface area contributed by atoms with E-state index in [-0.39, 0.29) is 11.9 Å². The minimum Gasteiger partial charge on any atom is -0.481 e. The summed E-state index contributed by atoms with van der Waals surface area (Å²) in [6, 6.07) is 6.00. The third kappa shape index (κ3) is 4.44. The van der Waals surface area contributed by atoms with Crippen LogP contribution in [0.15, 0.2) is 24.4 Å². The molecule has 0 bridgehead atoms. The number of anilines is 2. The first-order valence-corrected chi connectivity index (χ1v) is 10.9. The molecule has 2 fully saturated rings. The maximum absolute atomic E-state index is 12.5. The van der Waals surface area contributed by atoms with Gasteiger partial charge in [0.15, 0.2) is 5.82 Å². The highest BCUT2D eigenvalue weighted by Gasteiger charge is 2.33. The Bertz CT molecular complexity index is 947. The molecule has 166 valence electrons. The van der Waals surface area contributed by atoms with E-state index in [4.69, 9.17) is 20.2 Å². The second kappa shape index (κ2) is 9.09. The number of nitrogen functional groups attached to an aromatic ring is 1. The molecule has 1 aliphatic carbocycles. The Morgan fingerprint density at radius 3 is 2.74 bits per heavy atom. The Hall–Kier alpha value is -2.87. The standard InChI is InChI=1S/C23H31N5O3/c1-15-14-27(10-11-28(15)20(29)8-12-30-2)22-19(24)13-18(21(26-22)16-6-7-16)17-5-4-9-25-23(17)31-3/h4-5,9,13,15-16H,6-8,10-12,14,24H2,1-3H3/t15-/m1/s1. The van der Waals surface area contributed by atoms with Gasteiger partial charge in [-0.3, -0.25) is 4.79 Å². The largest absolute Gasteiger partial charge is 0.481 e. The van der Waals surface area contributed by atoms with Gasteiger partial charge in [0.25, 0.3) is 0 Å². The zero-order chi connectivity index (χ0) is 22.0. The van der Waals surface area contributed by atoms with Gasteiger partial charge in [-0.25, -0.2) is 9.97 Å². The van der Waals surface area contributed by atoms with Crippen LogP contribution in [0.3, 0.4) is 0 Å². The van der Waals surface area contributed by atoms with Gasteiger partial charge in [-0.2, -0.15) is 0 Å². The number of carbonyl (C=O) groups excluding carboxylic acids is 1. The maximum atomic E-state index is 12.5. The van der Waals surface area contributed by atoms with E-state index in [9.17, 15) is 4.79 Å². The number of pyridine rings is 2. The quantitative estimate of drug-likeness (QED) is 0.729. The SMILES string of the molecule is COCCC(=O)N1CCN(c2nc(C3CC3)c(-c3cccnc3OC)cc2N)C[C@H]1C. The fourth-order valence-corrected chi connectivity index (χ4v) is 4.28. The van der Waals surface area contributed by atoms with Crippen LogP contribution in [-0.4, -0.2) is 67.3 Å². The molecule has 2 N–H and O–H groups in total. The van der Waals surface area contributed by atoms with Crippen LogP contribution >= 0.6 is 0 Å². The van der Waals surface area contributed by atoms with Gasteiger partial charge in [0.2, 0.25) is 11.8 Å². The summed E-state index contributed by atoms with van der Waals surface area (Å²) in [5.74, 6) is 1.96. The average molecular weight is 426 g/mol. The van der Waals surface area contributed by atoms with E-state index in [1.165, 1.54) is 0 Å². The van der Waals surface area contributed by atoms with E-state index in [1.807, 2.05) is 23.1 Å². The lowest BCUT2D eigenvalue weighted by Gasteiger charge is -2.41. The van der Waals surface area contributed by atoms with Crippen LogP contribution in [0.5, 0.6) is 5.88 Å². The molecule has 0 spiro atoms. The monoisotopic (exact) mass is 425 g/mol. The first-order valence-electron chi connectivity index (χ1n) is 10.9. The maximum Gasteiger partial charge on any atom is 0.225 e. The molecule has 1 amide bonds. The number of nitrogens with two attached hydrogens (primary N) is 1. The van der Waals surface area contributed by atoms with Gasteiger partial charge in [0.05, 0.1) is 31.5 Å². The number of amides is 1. The number of methoxy groups -OCH3 is 2. The zero-order valence-electron chi connectivity index (χ0n) is 18.5. The van der Waals surface area contributed by atoms with Crippen molar-refractivity contribution in [1.82, 2.24) is 14.9 Å². The number of hydrogen-bond donors (Lipinski definition) is 1. The molecule has 2 aromatic rings. The molecule has 1 atom stereocenters. The van der Waals surface area contributed by atoms with Gasteiger partial charge in [-0.1, -0.05) is 0 Å². The van der Waals surface area contributed by atoms with Crippen molar-refractivity contribution >= 4 is 17.4 Å². The van der Waals surface area contributed by atoms with E-state index >= 15 is 0 Å². The number of piperazine rings is 1. The minimum absolute atomic E-state index is 0.0850. The summed E-state index contributed by atoms with van der Waals surface area (Å²) in [7, 11) is 3.24. The highest BCUT2D eigenvalue weighted by molar-refractivity contribution is 5.80. The third-order valence-corrected chi connectivity index (χ3v) is 6.05. The smallest absolute Gasteiger partial charge is 0.225 e. The fraction of sp³-hybridized carbons (Fsp3) is 0.522. The number of nitrogens with zero attached hydrogens (tertiary/aromatic N) is 4. The highest BCUT2D eigenvalue weighted by atomic mass is 16.5. The molecule has 2 aliphatic rings. The van der Waals surface area contributed by atoms with Gasteiger partial charge in [-0.05, 0) is 38.0 Å². The Morgan fingerprint density at radius 2 is 2.06 bits per heavy atom. The molecule has 4 rings (SSSR count). The van der Waals surface area contributed by atoms with E-state index in [0.29, 0.717) is 50.1 Å². The lowest BCUT2D eigenvalue weighted by Crippen LogP contribution is -2.54. The molecule has 1 aliphatic heterocycles. The van der Waals surface area contributed by atoms with Crippen molar-refractivity contribution in [2.45, 2.75) is 38.1 Å². The highest BCUT2D eigenvalue weighted by Crippen LogP contribution is 2.46. The van der Waals surface area contributed by atoms with Crippen molar-refractivity contribution in [3.05, 3.63) is 30.1 Å². The second-order valence-electron chi connectivity index (χ2n) is 8.29. The number of hydrogen-bond acceptors (Lipinski definition) is 7. The normalized spacial score (nSPS) is 18.9. The summed E-state index contributed by atoms with van der Waals surface area (Å²) < 4.78 is 10.5. The van der Waals surface area contributed by atoms with Crippen LogP contribution in [0.4, 0.5) is 11.5 Å². The van der Waals surface area contributed by atoms with Crippen LogP contribution in [0.25, 0.3) is 11.1 Å². The van der Waals surface area contributed by atoms with Crippen LogP contribution in [0.2, 0.25) is 0 Å². The number of aromatic nitrogens is 2. The molecule has 0 unspecified atom stereocenters. The van der Waals surface area contributed by atoms with Crippen molar-refractivity contribution in [3.8, 4) is 17.0 Å². The number of ether oxygens (including phenoxy) is 2. The van der Waals surface area contributed by atoms with Gasteiger partial charge < -0.3 is 25.0 Å². The predicted molar refractivity (Wildman–Crippen MR) is 120 cm³/mol. The zero-order valence-corrected chi connectivity index (χ0v) is 18.5. The summed E-state index contributed by atoms with van der Waals surface area (Å²) in [4.78, 5) is 26.0. The van der Waals surface area contributed by atoms with Crippen molar-refractivity contribution in [2.24, 2.45) is 0 Å². The van der Waals surface area contributed by atoms with Crippen LogP contribution in [-0.2, 0) is 9.53 Å². The van der Waals surface area contributed by atoms with Crippen LogP contribution < -0.4 is 15.4 Å². The Balaban J connectivity index is 1.61. The Morgan fingerprint density at radius 1 is 1.26 bits per heavy atom. The van der Waals surface area contributed by atoms with Crippen LogP contribution in [0.1, 0.15) is 37.8 Å². The molecule has 3 heterocycles. The second-order valence-corrected chi connectivity index (χ2v) is 8.29. The lowest BCUT2D eigenvalue weighted by molar-refractivity contribution is -0.134. The summed E-state index contributed by atoms with van der Waals surface area (Å²) in [6.07, 6.45) is 4.39. The molecule has 0 radical (unpaired) electrons. The van der Waals surface area contributed by atoms with Crippen molar-refractivity contribution in [1.29, 1.82) is 0 Å². The molecule has 0 aromatic carbocycles. The average Bonchev–Trinajstić information content (AvgIpc) is 3.62. The van der Waals surface area contributed by atoms with E-state index in [0.717, 1.165) is 35.5 Å². The van der Waals surface area contributed by atoms with Crippen LogP contribution in [0, 0.1) is 0 Å². The summed E-state index contributed by atoms with van der Waals surface area (Å²) in [6.45, 7) is 4.59. The van der Waals surface area contributed by atoms with E-state index in [1.54, 1.807) is 20.4 Å².